The van der Waals surface area contributed by atoms with Gasteiger partial charge >= 0.3 is 0 Å². The molecule has 0 amide bonds. The Morgan fingerprint density at radius 3 is 2.87 bits per heavy atom. The average Bonchev–Trinajstić information content (AvgIpc) is 2.82. The number of rotatable bonds is 3. The highest BCUT2D eigenvalue weighted by Gasteiger charge is 2.09. The summed E-state index contributed by atoms with van der Waals surface area (Å²) in [4.78, 5) is 10.5. The molecule has 0 radical (unpaired) electrons. The lowest BCUT2D eigenvalue weighted by Crippen LogP contribution is -1.97. The molecule has 0 aliphatic heterocycles. The van der Waals surface area contributed by atoms with Crippen LogP contribution in [0.5, 0.6) is 0 Å². The van der Waals surface area contributed by atoms with Crippen LogP contribution in [0, 0.1) is 0 Å². The van der Waals surface area contributed by atoms with Crippen molar-refractivity contribution in [1.82, 2.24) is 24.8 Å². The van der Waals surface area contributed by atoms with E-state index in [1.165, 1.54) is 0 Å². The van der Waals surface area contributed by atoms with Crippen molar-refractivity contribution in [2.24, 2.45) is 7.05 Å². The molecule has 6 heteroatoms. The Bertz CT molecular complexity index is 484. The number of nitrogens with zero attached hydrogens (tertiary/aromatic N) is 5. The van der Waals surface area contributed by atoms with Gasteiger partial charge in [0.05, 0.1) is 18.1 Å². The zero-order valence-electron chi connectivity index (χ0n) is 8.58. The summed E-state index contributed by atoms with van der Waals surface area (Å²) < 4.78 is 3.28. The summed E-state index contributed by atoms with van der Waals surface area (Å²) >= 11 is 0. The molecule has 2 heterocycles. The largest absolute Gasteiger partial charge is 0.296 e. The van der Waals surface area contributed by atoms with Crippen LogP contribution < -0.4 is 0 Å². The predicted molar refractivity (Wildman–Crippen MR) is 52.9 cm³/mol. The molecule has 0 saturated carbocycles. The van der Waals surface area contributed by atoms with E-state index in [2.05, 4.69) is 15.4 Å². The minimum absolute atomic E-state index is 0.320. The lowest BCUT2D eigenvalue weighted by molar-refractivity contribution is 0.111. The fraction of sp³-hybridized carbons (Fsp3) is 0.333. The molecule has 0 aliphatic carbocycles. The van der Waals surface area contributed by atoms with Crippen molar-refractivity contribution in [2.75, 3.05) is 0 Å². The molecule has 0 aromatic carbocycles. The van der Waals surface area contributed by atoms with Gasteiger partial charge in [0.1, 0.15) is 11.4 Å². The Labute approximate surface area is 86.5 Å². The monoisotopic (exact) mass is 205 g/mol. The van der Waals surface area contributed by atoms with Crippen molar-refractivity contribution >= 4 is 6.29 Å². The molecular formula is C9H11N5O. The molecule has 6 nitrogen and oxygen atoms in total. The maximum absolute atomic E-state index is 10.5. The predicted octanol–water partition coefficient (Wildman–Crippen LogP) is 0.376. The normalized spacial score (nSPS) is 10.5. The number of aldehydes is 1. The number of hydrogen-bond donors (Lipinski definition) is 0. The Morgan fingerprint density at radius 2 is 2.27 bits per heavy atom. The van der Waals surface area contributed by atoms with Crippen LogP contribution in [0.25, 0.3) is 5.69 Å². The van der Waals surface area contributed by atoms with Crippen LogP contribution in [0.3, 0.4) is 0 Å². The van der Waals surface area contributed by atoms with Gasteiger partial charge in [-0.1, -0.05) is 12.1 Å². The van der Waals surface area contributed by atoms with Gasteiger partial charge < -0.3 is 0 Å². The van der Waals surface area contributed by atoms with Crippen molar-refractivity contribution in [3.8, 4) is 5.69 Å². The van der Waals surface area contributed by atoms with Crippen molar-refractivity contribution in [3.05, 3.63) is 23.8 Å². The molecule has 0 spiro atoms. The number of carbonyl (C=O) groups excluding carboxylic acids is 1. The van der Waals surface area contributed by atoms with E-state index in [-0.39, 0.29) is 0 Å². The summed E-state index contributed by atoms with van der Waals surface area (Å²) in [5.74, 6) is 0. The molecule has 0 unspecified atom stereocenters. The summed E-state index contributed by atoms with van der Waals surface area (Å²) in [6, 6.07) is 0. The third-order valence-corrected chi connectivity index (χ3v) is 2.10. The van der Waals surface area contributed by atoms with Crippen LogP contribution in [0.1, 0.15) is 23.1 Å². The third-order valence-electron chi connectivity index (χ3n) is 2.10. The minimum Gasteiger partial charge on any atom is -0.296 e. The van der Waals surface area contributed by atoms with Gasteiger partial charge in [0.15, 0.2) is 6.29 Å². The van der Waals surface area contributed by atoms with Crippen LogP contribution in [0.4, 0.5) is 0 Å². The molecule has 0 fully saturated rings. The van der Waals surface area contributed by atoms with Gasteiger partial charge in [-0.3, -0.25) is 9.48 Å². The molecule has 2 aromatic heterocycles. The van der Waals surface area contributed by atoms with Crippen LogP contribution in [0.15, 0.2) is 12.4 Å². The summed E-state index contributed by atoms with van der Waals surface area (Å²) in [5, 5.41) is 11.8. The van der Waals surface area contributed by atoms with Gasteiger partial charge in [-0.2, -0.15) is 5.10 Å². The van der Waals surface area contributed by atoms with E-state index < -0.39 is 0 Å². The molecule has 78 valence electrons. The number of aryl methyl sites for hydroxylation is 2. The Kier molecular flexibility index (Phi) is 2.32. The average molecular weight is 205 g/mol. The molecule has 2 rings (SSSR count). The van der Waals surface area contributed by atoms with Crippen molar-refractivity contribution in [1.29, 1.82) is 0 Å². The van der Waals surface area contributed by atoms with Crippen molar-refractivity contribution in [2.45, 2.75) is 13.3 Å². The molecular weight excluding hydrogens is 194 g/mol. The first-order valence-corrected chi connectivity index (χ1v) is 4.65. The van der Waals surface area contributed by atoms with Gasteiger partial charge in [-0.15, -0.1) is 5.10 Å². The summed E-state index contributed by atoms with van der Waals surface area (Å²) in [6.07, 6.45) is 4.92. The van der Waals surface area contributed by atoms with Crippen LogP contribution in [-0.2, 0) is 13.5 Å². The summed E-state index contributed by atoms with van der Waals surface area (Å²) in [5.41, 5.74) is 2.11. The van der Waals surface area contributed by atoms with Gasteiger partial charge in [0.25, 0.3) is 0 Å². The molecule has 15 heavy (non-hydrogen) atoms. The van der Waals surface area contributed by atoms with E-state index in [1.54, 1.807) is 15.6 Å². The van der Waals surface area contributed by atoms with Crippen LogP contribution >= 0.6 is 0 Å². The molecule has 2 aromatic rings. The third kappa shape index (κ3) is 1.65. The van der Waals surface area contributed by atoms with E-state index in [4.69, 9.17) is 0 Å². The first kappa shape index (κ1) is 9.57. The van der Waals surface area contributed by atoms with E-state index in [0.29, 0.717) is 12.0 Å². The van der Waals surface area contributed by atoms with E-state index in [1.807, 2.05) is 20.2 Å². The Balaban J connectivity index is 2.47. The van der Waals surface area contributed by atoms with Crippen molar-refractivity contribution in [3.63, 3.8) is 0 Å². The molecule has 0 bridgehead atoms. The molecule has 0 aliphatic rings. The second kappa shape index (κ2) is 3.64. The zero-order chi connectivity index (χ0) is 10.8. The molecule has 0 saturated heterocycles. The van der Waals surface area contributed by atoms with Crippen LogP contribution in [0.2, 0.25) is 0 Å². The molecule has 0 N–H and O–H groups in total. The highest BCUT2D eigenvalue weighted by atomic mass is 16.1. The van der Waals surface area contributed by atoms with Gasteiger partial charge in [-0.05, 0) is 6.42 Å². The first-order valence-electron chi connectivity index (χ1n) is 4.65. The smallest absolute Gasteiger partial charge is 0.171 e. The van der Waals surface area contributed by atoms with Gasteiger partial charge in [0.2, 0.25) is 0 Å². The fourth-order valence-corrected chi connectivity index (χ4v) is 1.41. The topological polar surface area (TPSA) is 65.6 Å². The Hall–Kier alpha value is -1.98. The minimum atomic E-state index is 0.320. The fourth-order valence-electron chi connectivity index (χ4n) is 1.41. The maximum atomic E-state index is 10.5. The van der Waals surface area contributed by atoms with Gasteiger partial charge in [-0.25, -0.2) is 4.68 Å². The number of hydrogen-bond acceptors (Lipinski definition) is 4. The quantitative estimate of drug-likeness (QED) is 0.679. The SMILES string of the molecule is CCc1nn(C)cc1-n1cc(C=O)nn1. The van der Waals surface area contributed by atoms with Gasteiger partial charge in [0, 0.05) is 7.05 Å². The number of carbonyl (C=O) groups is 1. The van der Waals surface area contributed by atoms with Crippen LogP contribution in [-0.4, -0.2) is 31.1 Å². The zero-order valence-corrected chi connectivity index (χ0v) is 8.58. The van der Waals surface area contributed by atoms with Crippen molar-refractivity contribution < 1.29 is 4.79 Å². The maximum Gasteiger partial charge on any atom is 0.171 e. The van der Waals surface area contributed by atoms with E-state index >= 15 is 0 Å². The summed E-state index contributed by atoms with van der Waals surface area (Å²) in [6.45, 7) is 2.02. The van der Waals surface area contributed by atoms with E-state index in [9.17, 15) is 4.79 Å². The van der Waals surface area contributed by atoms with E-state index in [0.717, 1.165) is 17.8 Å². The lowest BCUT2D eigenvalue weighted by atomic mass is 10.3. The second-order valence-corrected chi connectivity index (χ2v) is 3.19. The second-order valence-electron chi connectivity index (χ2n) is 3.19. The summed E-state index contributed by atoms with van der Waals surface area (Å²) in [7, 11) is 1.85. The lowest BCUT2D eigenvalue weighted by Gasteiger charge is -1.96. The Morgan fingerprint density at radius 1 is 1.47 bits per heavy atom. The standard InChI is InChI=1S/C9H11N5O/c1-3-8-9(5-13(2)11-8)14-4-7(6-15)10-12-14/h4-6H,3H2,1-2H3. The first-order chi connectivity index (χ1) is 7.24. The highest BCUT2D eigenvalue weighted by molar-refractivity contribution is 5.70. The highest BCUT2D eigenvalue weighted by Crippen LogP contribution is 2.11. The molecule has 0 atom stereocenters. The number of aromatic nitrogens is 5.